The number of rotatable bonds is 4. The monoisotopic (exact) mass is 457 g/mol. The number of fused-ring (bicyclic) bond motifs is 1. The van der Waals surface area contributed by atoms with Crippen molar-refractivity contribution in [3.05, 3.63) is 89.4 Å². The molecule has 0 saturated heterocycles. The molecule has 0 spiro atoms. The fourth-order valence-electron chi connectivity index (χ4n) is 3.98. The molecule has 1 amide bonds. The topological polar surface area (TPSA) is 92.4 Å². The number of carbonyl (C=O) groups is 1. The summed E-state index contributed by atoms with van der Waals surface area (Å²) >= 11 is 6.02. The van der Waals surface area contributed by atoms with Crippen LogP contribution in [0.25, 0.3) is 11.4 Å². The van der Waals surface area contributed by atoms with Crippen molar-refractivity contribution in [1.29, 1.82) is 0 Å². The van der Waals surface area contributed by atoms with Gasteiger partial charge in [-0.15, -0.1) is 5.10 Å². The Hall–Kier alpha value is -3.97. The maximum absolute atomic E-state index is 13.4. The molecule has 5 rings (SSSR count). The number of anilines is 1. The van der Waals surface area contributed by atoms with Crippen LogP contribution < -0.4 is 5.32 Å². The van der Waals surface area contributed by atoms with E-state index in [0.717, 1.165) is 11.1 Å². The SMILES string of the molecule is CC1=Nc2nc(-c3ccc(Cl)cc3)nn2C(c2ccc(O)cc2)C1C(=O)Nc1ccccc1. The number of nitrogens with one attached hydrogen (secondary N) is 1. The summed E-state index contributed by atoms with van der Waals surface area (Å²) in [6.45, 7) is 1.82. The van der Waals surface area contributed by atoms with Crippen molar-refractivity contribution >= 4 is 34.9 Å². The zero-order valence-electron chi connectivity index (χ0n) is 17.7. The molecule has 0 aliphatic carbocycles. The maximum Gasteiger partial charge on any atom is 0.248 e. The molecule has 0 fully saturated rings. The van der Waals surface area contributed by atoms with E-state index in [0.29, 0.717) is 28.2 Å². The van der Waals surface area contributed by atoms with E-state index in [4.69, 9.17) is 16.7 Å². The zero-order chi connectivity index (χ0) is 22.9. The first kappa shape index (κ1) is 20.9. The Bertz CT molecular complexity index is 1330. The number of amides is 1. The standard InChI is InChI=1S/C25H20ClN5O2/c1-15-21(24(33)28-19-5-3-2-4-6-19)22(16-9-13-20(32)14-10-16)31-25(27-15)29-23(30-31)17-7-11-18(26)12-8-17/h2-14,21-22,32H,1H3,(H,28,33). The van der Waals surface area contributed by atoms with Crippen LogP contribution in [0.15, 0.2) is 83.9 Å². The Morgan fingerprint density at radius 3 is 2.39 bits per heavy atom. The minimum atomic E-state index is -0.623. The fourth-order valence-corrected chi connectivity index (χ4v) is 4.10. The quantitative estimate of drug-likeness (QED) is 0.437. The van der Waals surface area contributed by atoms with Crippen molar-refractivity contribution < 1.29 is 9.90 Å². The van der Waals surface area contributed by atoms with Crippen molar-refractivity contribution in [2.45, 2.75) is 13.0 Å². The molecule has 2 N–H and O–H groups in total. The van der Waals surface area contributed by atoms with Crippen molar-refractivity contribution in [2.75, 3.05) is 5.32 Å². The molecule has 1 aliphatic rings. The van der Waals surface area contributed by atoms with E-state index in [1.54, 1.807) is 41.1 Å². The van der Waals surface area contributed by atoms with Crippen molar-refractivity contribution in [3.8, 4) is 17.1 Å². The van der Waals surface area contributed by atoms with E-state index in [2.05, 4.69) is 15.3 Å². The van der Waals surface area contributed by atoms with Crippen molar-refractivity contribution in [3.63, 3.8) is 0 Å². The number of aromatic hydroxyl groups is 1. The van der Waals surface area contributed by atoms with Crippen LogP contribution in [-0.2, 0) is 4.79 Å². The number of aliphatic imine (C=N–C) groups is 1. The van der Waals surface area contributed by atoms with Crippen LogP contribution >= 0.6 is 11.6 Å². The minimum Gasteiger partial charge on any atom is -0.508 e. The molecule has 4 aromatic rings. The molecule has 33 heavy (non-hydrogen) atoms. The number of halogens is 1. The van der Waals surface area contributed by atoms with Crippen LogP contribution in [-0.4, -0.2) is 31.5 Å². The number of carbonyl (C=O) groups excluding carboxylic acids is 1. The summed E-state index contributed by atoms with van der Waals surface area (Å²) in [6.07, 6.45) is 0. The van der Waals surface area contributed by atoms with E-state index in [9.17, 15) is 9.90 Å². The van der Waals surface area contributed by atoms with Gasteiger partial charge in [0.05, 0.1) is 6.04 Å². The first-order valence-corrected chi connectivity index (χ1v) is 10.8. The lowest BCUT2D eigenvalue weighted by atomic mass is 9.87. The molecule has 164 valence electrons. The Morgan fingerprint density at radius 2 is 1.70 bits per heavy atom. The Kier molecular flexibility index (Phi) is 5.40. The number of hydrogen-bond donors (Lipinski definition) is 2. The lowest BCUT2D eigenvalue weighted by molar-refractivity contribution is -0.118. The second-order valence-electron chi connectivity index (χ2n) is 7.81. The summed E-state index contributed by atoms with van der Waals surface area (Å²) in [4.78, 5) is 22.7. The number of aromatic nitrogens is 3. The molecule has 2 atom stereocenters. The molecule has 2 unspecified atom stereocenters. The Labute approximate surface area is 195 Å². The number of benzene rings is 3. The number of para-hydroxylation sites is 1. The van der Waals surface area contributed by atoms with Crippen LogP contribution in [0.3, 0.4) is 0 Å². The van der Waals surface area contributed by atoms with Crippen LogP contribution in [0, 0.1) is 5.92 Å². The van der Waals surface area contributed by atoms with Crippen LogP contribution in [0.1, 0.15) is 18.5 Å². The van der Waals surface area contributed by atoms with Gasteiger partial charge in [0, 0.05) is 22.0 Å². The van der Waals surface area contributed by atoms with Crippen LogP contribution in [0.2, 0.25) is 5.02 Å². The third kappa shape index (κ3) is 4.10. The van der Waals surface area contributed by atoms with E-state index >= 15 is 0 Å². The largest absolute Gasteiger partial charge is 0.508 e. The second-order valence-corrected chi connectivity index (χ2v) is 8.25. The minimum absolute atomic E-state index is 0.144. The van der Waals surface area contributed by atoms with Gasteiger partial charge in [0.1, 0.15) is 11.7 Å². The summed E-state index contributed by atoms with van der Waals surface area (Å²) in [5.74, 6) is 0.230. The first-order valence-electron chi connectivity index (χ1n) is 10.4. The summed E-state index contributed by atoms with van der Waals surface area (Å²) in [7, 11) is 0. The van der Waals surface area contributed by atoms with E-state index in [1.807, 2.05) is 49.4 Å². The molecule has 0 bridgehead atoms. The van der Waals surface area contributed by atoms with Gasteiger partial charge < -0.3 is 10.4 Å². The van der Waals surface area contributed by atoms with Crippen molar-refractivity contribution in [1.82, 2.24) is 14.8 Å². The number of nitrogens with zero attached hydrogens (tertiary/aromatic N) is 4. The zero-order valence-corrected chi connectivity index (χ0v) is 18.4. The lowest BCUT2D eigenvalue weighted by Gasteiger charge is -2.30. The van der Waals surface area contributed by atoms with Gasteiger partial charge in [0.2, 0.25) is 11.9 Å². The van der Waals surface area contributed by atoms with Crippen LogP contribution in [0.5, 0.6) is 5.75 Å². The molecule has 0 saturated carbocycles. The van der Waals surface area contributed by atoms with Gasteiger partial charge in [-0.3, -0.25) is 4.79 Å². The van der Waals surface area contributed by atoms with Crippen molar-refractivity contribution in [2.24, 2.45) is 10.9 Å². The first-order chi connectivity index (χ1) is 16.0. The molecular weight excluding hydrogens is 438 g/mol. The molecule has 1 aliphatic heterocycles. The second kappa shape index (κ2) is 8.52. The molecule has 2 heterocycles. The molecule has 1 aromatic heterocycles. The van der Waals surface area contributed by atoms with Gasteiger partial charge in [-0.25, -0.2) is 9.67 Å². The Morgan fingerprint density at radius 1 is 1.00 bits per heavy atom. The lowest BCUT2D eigenvalue weighted by Crippen LogP contribution is -2.39. The average molecular weight is 458 g/mol. The predicted molar refractivity (Wildman–Crippen MR) is 128 cm³/mol. The highest BCUT2D eigenvalue weighted by Crippen LogP contribution is 2.37. The molecule has 8 heteroatoms. The van der Waals surface area contributed by atoms with Gasteiger partial charge >= 0.3 is 0 Å². The third-order valence-corrected chi connectivity index (χ3v) is 5.83. The highest BCUT2D eigenvalue weighted by Gasteiger charge is 2.39. The molecule has 3 aromatic carbocycles. The molecule has 0 radical (unpaired) electrons. The van der Waals surface area contributed by atoms with Gasteiger partial charge in [0.15, 0.2) is 5.82 Å². The normalized spacial score (nSPS) is 17.2. The highest BCUT2D eigenvalue weighted by atomic mass is 35.5. The number of phenolic OH excluding ortho intramolecular Hbond substituents is 1. The summed E-state index contributed by atoms with van der Waals surface area (Å²) in [6, 6.07) is 22.8. The fraction of sp³-hybridized carbons (Fsp3) is 0.120. The van der Waals surface area contributed by atoms with Gasteiger partial charge in [-0.2, -0.15) is 4.98 Å². The van der Waals surface area contributed by atoms with Gasteiger partial charge in [-0.05, 0) is 61.0 Å². The molecule has 7 nitrogen and oxygen atoms in total. The van der Waals surface area contributed by atoms with Gasteiger partial charge in [0.25, 0.3) is 0 Å². The smallest absolute Gasteiger partial charge is 0.248 e. The number of phenols is 1. The molecular formula is C25H20ClN5O2. The summed E-state index contributed by atoms with van der Waals surface area (Å²) in [5, 5.41) is 18.1. The third-order valence-electron chi connectivity index (χ3n) is 5.58. The Balaban J connectivity index is 1.59. The van der Waals surface area contributed by atoms with E-state index < -0.39 is 12.0 Å². The van der Waals surface area contributed by atoms with E-state index in [-0.39, 0.29) is 11.7 Å². The van der Waals surface area contributed by atoms with Crippen LogP contribution in [0.4, 0.5) is 11.6 Å². The average Bonchev–Trinajstić information content (AvgIpc) is 3.23. The maximum atomic E-state index is 13.4. The number of hydrogen-bond acceptors (Lipinski definition) is 5. The van der Waals surface area contributed by atoms with Gasteiger partial charge in [-0.1, -0.05) is 41.9 Å². The highest BCUT2D eigenvalue weighted by molar-refractivity contribution is 6.30. The summed E-state index contributed by atoms with van der Waals surface area (Å²) < 4.78 is 1.68. The summed E-state index contributed by atoms with van der Waals surface area (Å²) in [5.41, 5.74) is 2.93. The predicted octanol–water partition coefficient (Wildman–Crippen LogP) is 5.25. The van der Waals surface area contributed by atoms with E-state index in [1.165, 1.54) is 0 Å².